The molecule has 1 aliphatic rings. The molecule has 1 aliphatic carbocycles. The first kappa shape index (κ1) is 8.96. The normalized spacial score (nSPS) is 33.3. The van der Waals surface area contributed by atoms with E-state index in [1.807, 2.05) is 13.8 Å². The molecule has 0 aromatic heterocycles. The van der Waals surface area contributed by atoms with Gasteiger partial charge in [-0.05, 0) is 25.2 Å². The highest BCUT2D eigenvalue weighted by atomic mass is 14.6. The van der Waals surface area contributed by atoms with Gasteiger partial charge in [-0.15, -0.1) is 0 Å². The zero-order valence-electron chi connectivity index (χ0n) is 6.85. The molecule has 0 aromatic rings. The second kappa shape index (κ2) is 4.80. The summed E-state index contributed by atoms with van der Waals surface area (Å²) >= 11 is 0. The minimum atomic E-state index is 0.523. The molecule has 1 heteroatoms. The van der Waals surface area contributed by atoms with E-state index in [1.165, 1.54) is 19.3 Å². The molecule has 1 fully saturated rings. The van der Waals surface area contributed by atoms with E-state index in [9.17, 15) is 0 Å². The summed E-state index contributed by atoms with van der Waals surface area (Å²) in [5.41, 5.74) is 5.63. The molecule has 0 radical (unpaired) electrons. The highest BCUT2D eigenvalue weighted by Gasteiger charge is 2.16. The van der Waals surface area contributed by atoms with Gasteiger partial charge in [0.05, 0.1) is 0 Å². The van der Waals surface area contributed by atoms with Crippen LogP contribution >= 0.6 is 0 Å². The van der Waals surface area contributed by atoms with Crippen molar-refractivity contribution >= 4 is 0 Å². The first-order valence-corrected chi connectivity index (χ1v) is 4.04. The minimum Gasteiger partial charge on any atom is -0.328 e. The van der Waals surface area contributed by atoms with Crippen LogP contribution in [0.25, 0.3) is 0 Å². The van der Waals surface area contributed by atoms with Gasteiger partial charge in [0.1, 0.15) is 0 Å². The Labute approximate surface area is 58.6 Å². The van der Waals surface area contributed by atoms with Gasteiger partial charge in [-0.3, -0.25) is 0 Å². The summed E-state index contributed by atoms with van der Waals surface area (Å²) in [6.07, 6.45) is 3.85. The highest BCUT2D eigenvalue weighted by molar-refractivity contribution is 4.73. The number of hydrogen-bond donors (Lipinski definition) is 1. The van der Waals surface area contributed by atoms with Crippen molar-refractivity contribution < 1.29 is 0 Å². The minimum absolute atomic E-state index is 0.523. The molecule has 0 saturated heterocycles. The highest BCUT2D eigenvalue weighted by Crippen LogP contribution is 2.22. The molecule has 2 unspecified atom stereocenters. The fourth-order valence-corrected chi connectivity index (χ4v) is 1.25. The van der Waals surface area contributed by atoms with Crippen LogP contribution in [0.5, 0.6) is 0 Å². The molecule has 1 rings (SSSR count). The Balaban J connectivity index is 0.000000291. The van der Waals surface area contributed by atoms with Crippen LogP contribution in [0.3, 0.4) is 0 Å². The smallest absolute Gasteiger partial charge is 0.00414 e. The van der Waals surface area contributed by atoms with E-state index in [0.717, 1.165) is 5.92 Å². The lowest BCUT2D eigenvalue weighted by atomic mass is 10.1. The van der Waals surface area contributed by atoms with Gasteiger partial charge in [0.2, 0.25) is 0 Å². The van der Waals surface area contributed by atoms with Crippen molar-refractivity contribution in [3.8, 4) is 0 Å². The van der Waals surface area contributed by atoms with Gasteiger partial charge < -0.3 is 5.73 Å². The molecule has 9 heavy (non-hydrogen) atoms. The van der Waals surface area contributed by atoms with E-state index in [4.69, 9.17) is 5.73 Å². The maximum atomic E-state index is 5.63. The summed E-state index contributed by atoms with van der Waals surface area (Å²) in [6.45, 7) is 6.27. The molecule has 1 saturated carbocycles. The third kappa shape index (κ3) is 3.52. The monoisotopic (exact) mass is 129 g/mol. The van der Waals surface area contributed by atoms with Gasteiger partial charge in [0.25, 0.3) is 0 Å². The summed E-state index contributed by atoms with van der Waals surface area (Å²) in [5.74, 6) is 0.898. The maximum absolute atomic E-state index is 5.63. The quantitative estimate of drug-likeness (QED) is 0.533. The molecule has 0 bridgehead atoms. The van der Waals surface area contributed by atoms with Crippen molar-refractivity contribution in [2.75, 3.05) is 0 Å². The Morgan fingerprint density at radius 2 is 1.78 bits per heavy atom. The van der Waals surface area contributed by atoms with Crippen LogP contribution in [0.1, 0.15) is 40.0 Å². The van der Waals surface area contributed by atoms with Crippen molar-refractivity contribution in [1.82, 2.24) is 0 Å². The summed E-state index contributed by atoms with van der Waals surface area (Å²) in [4.78, 5) is 0. The fourth-order valence-electron chi connectivity index (χ4n) is 1.25. The Kier molecular flexibility index (Phi) is 4.78. The second-order valence-electron chi connectivity index (χ2n) is 2.68. The third-order valence-electron chi connectivity index (χ3n) is 1.74. The standard InChI is InChI=1S/C6H13N.C2H6/c1-5-2-3-6(7)4-5;1-2/h5-6H,2-4,7H2,1H3;1-2H3. The second-order valence-corrected chi connectivity index (χ2v) is 2.68. The molecule has 0 spiro atoms. The molecular formula is C8H19N. The predicted molar refractivity (Wildman–Crippen MR) is 42.3 cm³/mol. The Hall–Kier alpha value is -0.0400. The maximum Gasteiger partial charge on any atom is 0.00414 e. The van der Waals surface area contributed by atoms with Gasteiger partial charge in [-0.1, -0.05) is 20.8 Å². The Morgan fingerprint density at radius 1 is 1.22 bits per heavy atom. The van der Waals surface area contributed by atoms with Crippen molar-refractivity contribution in [2.45, 2.75) is 46.1 Å². The molecule has 0 heterocycles. The van der Waals surface area contributed by atoms with Crippen LogP contribution in [0, 0.1) is 5.92 Å². The van der Waals surface area contributed by atoms with Crippen LogP contribution < -0.4 is 5.73 Å². The van der Waals surface area contributed by atoms with E-state index in [-0.39, 0.29) is 0 Å². The Bertz CT molecular complexity index is 53.6. The lowest BCUT2D eigenvalue weighted by Gasteiger charge is -1.97. The fraction of sp³-hybridized carbons (Fsp3) is 1.00. The largest absolute Gasteiger partial charge is 0.328 e. The number of hydrogen-bond acceptors (Lipinski definition) is 1. The van der Waals surface area contributed by atoms with E-state index in [2.05, 4.69) is 6.92 Å². The first-order chi connectivity index (χ1) is 4.29. The van der Waals surface area contributed by atoms with E-state index in [0.29, 0.717) is 6.04 Å². The van der Waals surface area contributed by atoms with Crippen LogP contribution in [0.2, 0.25) is 0 Å². The van der Waals surface area contributed by atoms with E-state index < -0.39 is 0 Å². The van der Waals surface area contributed by atoms with Gasteiger partial charge >= 0.3 is 0 Å². The van der Waals surface area contributed by atoms with Crippen molar-refractivity contribution in [3.63, 3.8) is 0 Å². The van der Waals surface area contributed by atoms with E-state index in [1.54, 1.807) is 0 Å². The van der Waals surface area contributed by atoms with Crippen LogP contribution in [-0.4, -0.2) is 6.04 Å². The first-order valence-electron chi connectivity index (χ1n) is 4.04. The van der Waals surface area contributed by atoms with Gasteiger partial charge in [-0.2, -0.15) is 0 Å². The number of rotatable bonds is 0. The molecule has 2 atom stereocenters. The van der Waals surface area contributed by atoms with Gasteiger partial charge in [0, 0.05) is 6.04 Å². The molecule has 1 nitrogen and oxygen atoms in total. The lowest BCUT2D eigenvalue weighted by molar-refractivity contribution is 0.594. The molecule has 0 amide bonds. The zero-order valence-corrected chi connectivity index (χ0v) is 6.85. The van der Waals surface area contributed by atoms with Crippen LogP contribution in [-0.2, 0) is 0 Å². The third-order valence-corrected chi connectivity index (χ3v) is 1.74. The molecule has 2 N–H and O–H groups in total. The van der Waals surface area contributed by atoms with Crippen molar-refractivity contribution in [3.05, 3.63) is 0 Å². The van der Waals surface area contributed by atoms with Gasteiger partial charge in [0.15, 0.2) is 0 Å². The van der Waals surface area contributed by atoms with Crippen LogP contribution in [0.4, 0.5) is 0 Å². The summed E-state index contributed by atoms with van der Waals surface area (Å²) < 4.78 is 0. The topological polar surface area (TPSA) is 26.0 Å². The van der Waals surface area contributed by atoms with E-state index >= 15 is 0 Å². The molecular weight excluding hydrogens is 110 g/mol. The number of nitrogens with two attached hydrogens (primary N) is 1. The SMILES string of the molecule is CC.CC1CCC(N)C1. The average molecular weight is 129 g/mol. The summed E-state index contributed by atoms with van der Waals surface area (Å²) in [5, 5.41) is 0. The van der Waals surface area contributed by atoms with Crippen molar-refractivity contribution in [2.24, 2.45) is 11.7 Å². The van der Waals surface area contributed by atoms with Gasteiger partial charge in [-0.25, -0.2) is 0 Å². The lowest BCUT2D eigenvalue weighted by Crippen LogP contribution is -2.14. The molecule has 0 aliphatic heterocycles. The summed E-state index contributed by atoms with van der Waals surface area (Å²) in [6, 6.07) is 0.523. The predicted octanol–water partition coefficient (Wildman–Crippen LogP) is 2.16. The van der Waals surface area contributed by atoms with Crippen molar-refractivity contribution in [1.29, 1.82) is 0 Å². The average Bonchev–Trinajstić information content (AvgIpc) is 2.20. The summed E-state index contributed by atoms with van der Waals surface area (Å²) in [7, 11) is 0. The molecule has 56 valence electrons. The molecule has 0 aromatic carbocycles. The zero-order chi connectivity index (χ0) is 7.28. The van der Waals surface area contributed by atoms with Crippen LogP contribution in [0.15, 0.2) is 0 Å². The Morgan fingerprint density at radius 3 is 1.89 bits per heavy atom.